The molecule has 1 unspecified atom stereocenters. The topological polar surface area (TPSA) is 26.3 Å². The minimum atomic E-state index is -2.65. The maximum atomic E-state index is 14.2. The molecule has 42 heavy (non-hydrogen) atoms. The molecular weight excluding hydrogens is 550 g/mol. The molecule has 0 heterocycles. The molecule has 0 radical (unpaired) electrons. The van der Waals surface area contributed by atoms with Gasteiger partial charge in [0.1, 0.15) is 0 Å². The first-order valence-corrected chi connectivity index (χ1v) is 23.1. The van der Waals surface area contributed by atoms with Gasteiger partial charge in [-0.05, 0) is 0 Å². The summed E-state index contributed by atoms with van der Waals surface area (Å²) in [6.07, 6.45) is 36.7. The average Bonchev–Trinajstić information content (AvgIpc) is 3.01. The number of hydrogen-bond acceptors (Lipinski definition) is 2. The third-order valence-electron chi connectivity index (χ3n) is 9.66. The van der Waals surface area contributed by atoms with Crippen molar-refractivity contribution in [3.05, 3.63) is 30.3 Å². The van der Waals surface area contributed by atoms with Crippen molar-refractivity contribution in [1.82, 2.24) is 0 Å². The summed E-state index contributed by atoms with van der Waals surface area (Å²) < 4.78 is 21.6. The summed E-state index contributed by atoms with van der Waals surface area (Å²) in [7, 11) is -2.27. The second-order valence-corrected chi connectivity index (χ2v) is 21.0. The molecule has 0 fully saturated rings. The molecule has 0 aliphatic rings. The Bertz CT molecular complexity index is 675. The monoisotopic (exact) mass is 625 g/mol. The molecule has 0 aromatic heterocycles. The van der Waals surface area contributed by atoms with E-state index in [1.54, 1.807) is 0 Å². The molecule has 1 atom stereocenters. The predicted molar refractivity (Wildman–Crippen MR) is 196 cm³/mol. The summed E-state index contributed by atoms with van der Waals surface area (Å²) in [6.45, 7) is 6.59. The van der Waals surface area contributed by atoms with Crippen LogP contribution in [0.4, 0.5) is 0 Å². The van der Waals surface area contributed by atoms with E-state index in [-0.39, 0.29) is 0 Å². The zero-order valence-corrected chi connectivity index (χ0v) is 30.8. The van der Waals surface area contributed by atoms with Crippen molar-refractivity contribution in [3.63, 3.8) is 0 Å². The Balaban J connectivity index is 3.27. The van der Waals surface area contributed by atoms with E-state index >= 15 is 0 Å². The molecule has 0 saturated heterocycles. The molecule has 248 valence electrons. The molecule has 0 aliphatic carbocycles. The number of benzene rings is 1. The van der Waals surface area contributed by atoms with Gasteiger partial charge in [0, 0.05) is 0 Å². The molecule has 4 heteroatoms. The van der Waals surface area contributed by atoms with Gasteiger partial charge in [-0.3, -0.25) is 0 Å². The fourth-order valence-corrected chi connectivity index (χ4v) is 16.5. The minimum absolute atomic E-state index is 0.938. The Morgan fingerprint density at radius 3 is 1.05 bits per heavy atom. The average molecular weight is 625 g/mol. The first-order valence-electron chi connectivity index (χ1n) is 18.8. The Hall–Kier alpha value is -0.160. The summed E-state index contributed by atoms with van der Waals surface area (Å²) in [6, 6.07) is 10.2. The zero-order chi connectivity index (χ0) is 30.6. The normalized spacial score (nSPS) is 13.7. The van der Waals surface area contributed by atoms with Crippen molar-refractivity contribution in [2.75, 3.05) is 24.6 Å². The van der Waals surface area contributed by atoms with Crippen LogP contribution in [0, 0.1) is 0 Å². The van der Waals surface area contributed by atoms with Gasteiger partial charge < -0.3 is 0 Å². The number of rotatable bonds is 31. The first kappa shape index (κ1) is 39.9. The Morgan fingerprint density at radius 2 is 0.738 bits per heavy atom. The Labute approximate surface area is 265 Å². The summed E-state index contributed by atoms with van der Waals surface area (Å²) in [5, 5.41) is 0.938. The molecule has 1 aromatic carbocycles. The van der Waals surface area contributed by atoms with Crippen LogP contribution in [0.25, 0.3) is 0 Å². The molecule has 2 nitrogen and oxygen atoms in total. The van der Waals surface area contributed by atoms with Crippen LogP contribution in [0.3, 0.4) is 0 Å². The standard InChI is InChI=1S/C38H74O2P2/c1-5-9-13-17-21-28-34-42(35-29-22-18-14-10-6-2,36-30-23-19-15-11-7-3,37-31-24-20-16-12-8-4)40-41(39)38-32-26-25-27-33-38/h25-27,32-33,41H,5-24,28-31,34-37H2,1-4H3. The quantitative estimate of drug-likeness (QED) is 0.0607. The van der Waals surface area contributed by atoms with Gasteiger partial charge in [-0.1, -0.05) is 0 Å². The summed E-state index contributed by atoms with van der Waals surface area (Å²) in [5.74, 6) is 0. The van der Waals surface area contributed by atoms with Crippen molar-refractivity contribution in [2.45, 2.75) is 182 Å². The van der Waals surface area contributed by atoms with Crippen LogP contribution in [0.5, 0.6) is 0 Å². The molecule has 1 rings (SSSR count). The van der Waals surface area contributed by atoms with Crippen molar-refractivity contribution in [2.24, 2.45) is 0 Å². The first-order chi connectivity index (χ1) is 20.5. The van der Waals surface area contributed by atoms with Gasteiger partial charge in [0.2, 0.25) is 0 Å². The van der Waals surface area contributed by atoms with Gasteiger partial charge in [-0.25, -0.2) is 0 Å². The summed E-state index contributed by atoms with van der Waals surface area (Å²) in [5.41, 5.74) is 0. The molecule has 0 aliphatic heterocycles. The summed E-state index contributed by atoms with van der Waals surface area (Å²) in [4.78, 5) is 0. The SMILES string of the molecule is CCCCCCCCP(CCCCCCCC)(CCCCCCCC)(CCCCCCCC)O[PH](=O)c1ccccc1. The van der Waals surface area contributed by atoms with Crippen molar-refractivity contribution in [1.29, 1.82) is 0 Å². The predicted octanol–water partition coefficient (Wildman–Crippen LogP) is 13.7. The molecule has 0 amide bonds. The number of hydrogen-bond donors (Lipinski definition) is 0. The van der Waals surface area contributed by atoms with Gasteiger partial charge in [0.25, 0.3) is 0 Å². The van der Waals surface area contributed by atoms with E-state index in [1.165, 1.54) is 179 Å². The van der Waals surface area contributed by atoms with E-state index in [0.717, 1.165) is 5.30 Å². The molecule has 0 spiro atoms. The number of unbranched alkanes of at least 4 members (excludes halogenated alkanes) is 20. The van der Waals surface area contributed by atoms with Crippen LogP contribution >= 0.6 is 14.9 Å². The van der Waals surface area contributed by atoms with Crippen molar-refractivity contribution in [3.8, 4) is 0 Å². The van der Waals surface area contributed by atoms with E-state index in [4.69, 9.17) is 4.31 Å². The van der Waals surface area contributed by atoms with Gasteiger partial charge >= 0.3 is 266 Å². The summed E-state index contributed by atoms with van der Waals surface area (Å²) >= 11 is 0. The second kappa shape index (κ2) is 26.1. The molecule has 1 aromatic rings. The van der Waals surface area contributed by atoms with E-state index in [2.05, 4.69) is 39.8 Å². The van der Waals surface area contributed by atoms with Crippen molar-refractivity contribution >= 4 is 20.2 Å². The second-order valence-electron chi connectivity index (χ2n) is 13.6. The Morgan fingerprint density at radius 1 is 0.452 bits per heavy atom. The van der Waals surface area contributed by atoms with Gasteiger partial charge in [-0.15, -0.1) is 0 Å². The van der Waals surface area contributed by atoms with Crippen molar-refractivity contribution < 1.29 is 8.88 Å². The van der Waals surface area contributed by atoms with Gasteiger partial charge in [0.05, 0.1) is 0 Å². The van der Waals surface area contributed by atoms with Crippen LogP contribution < -0.4 is 5.30 Å². The molecule has 0 saturated carbocycles. The van der Waals surface area contributed by atoms with Crippen LogP contribution in [0.1, 0.15) is 182 Å². The van der Waals surface area contributed by atoms with E-state index in [9.17, 15) is 4.57 Å². The fraction of sp³-hybridized carbons (Fsp3) is 0.842. The van der Waals surface area contributed by atoms with E-state index in [0.29, 0.717) is 0 Å². The van der Waals surface area contributed by atoms with Crippen LogP contribution in [-0.4, -0.2) is 24.6 Å². The third-order valence-corrected chi connectivity index (χ3v) is 19.0. The molecular formula is C38H74O2P2. The third kappa shape index (κ3) is 18.0. The maximum absolute atomic E-state index is 14.2. The van der Waals surface area contributed by atoms with Crippen LogP contribution in [0.15, 0.2) is 30.3 Å². The van der Waals surface area contributed by atoms with Crippen LogP contribution in [-0.2, 0) is 8.88 Å². The van der Waals surface area contributed by atoms with Crippen LogP contribution in [0.2, 0.25) is 0 Å². The molecule has 0 bridgehead atoms. The van der Waals surface area contributed by atoms with Gasteiger partial charge in [0.15, 0.2) is 0 Å². The zero-order valence-electron chi connectivity index (χ0n) is 28.9. The fourth-order valence-electron chi connectivity index (χ4n) is 6.88. The van der Waals surface area contributed by atoms with E-state index in [1.807, 2.05) is 18.2 Å². The van der Waals surface area contributed by atoms with E-state index < -0.39 is 14.9 Å². The van der Waals surface area contributed by atoms with Gasteiger partial charge in [-0.2, -0.15) is 0 Å². The Kier molecular flexibility index (Phi) is 24.8. The molecule has 0 N–H and O–H groups in total.